The van der Waals surface area contributed by atoms with Gasteiger partial charge in [-0.05, 0) is 60.0 Å². The second-order valence-electron chi connectivity index (χ2n) is 5.48. The molecule has 2 aromatic carbocycles. The van der Waals surface area contributed by atoms with Crippen LogP contribution in [0.4, 0.5) is 0 Å². The topological polar surface area (TPSA) is 50.4 Å². The number of carboxylic acids is 1. The van der Waals surface area contributed by atoms with Crippen molar-refractivity contribution in [2.24, 2.45) is 0 Å². The van der Waals surface area contributed by atoms with Gasteiger partial charge >= 0.3 is 5.97 Å². The standard InChI is InChI=1S/C19H18O3S/c1-14-12-15(19(20)21)8-9-18(14)23(2,17-10-11-22-13-17)16-6-4-3-5-7-16/h3-13H,1-2H3,(H,20,21). The first kappa shape index (κ1) is 15.4. The van der Waals surface area contributed by atoms with Crippen LogP contribution < -0.4 is 0 Å². The maximum Gasteiger partial charge on any atom is 0.335 e. The molecule has 118 valence electrons. The van der Waals surface area contributed by atoms with Crippen LogP contribution in [-0.2, 0) is 0 Å². The third-order valence-electron chi connectivity index (χ3n) is 4.04. The van der Waals surface area contributed by atoms with E-state index in [1.165, 1.54) is 4.90 Å². The summed E-state index contributed by atoms with van der Waals surface area (Å²) < 4.78 is 5.33. The molecule has 1 N–H and O–H groups in total. The third-order valence-corrected chi connectivity index (χ3v) is 7.77. The summed E-state index contributed by atoms with van der Waals surface area (Å²) in [6.45, 7) is 1.97. The number of carboxylic acid groups (broad SMARTS) is 1. The molecule has 3 aromatic rings. The molecule has 0 radical (unpaired) electrons. The van der Waals surface area contributed by atoms with E-state index in [1.807, 2.05) is 37.3 Å². The summed E-state index contributed by atoms with van der Waals surface area (Å²) in [6.07, 6.45) is 5.69. The largest absolute Gasteiger partial charge is 0.478 e. The van der Waals surface area contributed by atoms with Gasteiger partial charge in [-0.2, -0.15) is 10.0 Å². The number of benzene rings is 2. The van der Waals surface area contributed by atoms with E-state index >= 15 is 0 Å². The minimum absolute atomic E-state index is 0.313. The summed E-state index contributed by atoms with van der Waals surface area (Å²) >= 11 is 0. The van der Waals surface area contributed by atoms with E-state index in [-0.39, 0.29) is 0 Å². The van der Waals surface area contributed by atoms with Crippen molar-refractivity contribution >= 4 is 16.0 Å². The van der Waals surface area contributed by atoms with Gasteiger partial charge < -0.3 is 9.52 Å². The molecule has 0 aliphatic heterocycles. The van der Waals surface area contributed by atoms with Crippen LogP contribution in [-0.4, -0.2) is 17.3 Å². The highest BCUT2D eigenvalue weighted by Crippen LogP contribution is 2.66. The Hall–Kier alpha value is -2.46. The molecule has 0 aliphatic rings. The highest BCUT2D eigenvalue weighted by Gasteiger charge is 2.28. The lowest BCUT2D eigenvalue weighted by Crippen LogP contribution is -2.04. The zero-order valence-corrected chi connectivity index (χ0v) is 13.8. The lowest BCUT2D eigenvalue weighted by atomic mass is 10.1. The summed E-state index contributed by atoms with van der Waals surface area (Å²) in [5.74, 6) is -0.903. The number of aryl methyl sites for hydroxylation is 1. The Morgan fingerprint density at radius 1 is 1.04 bits per heavy atom. The number of rotatable bonds is 4. The predicted molar refractivity (Wildman–Crippen MR) is 91.6 cm³/mol. The van der Waals surface area contributed by atoms with Gasteiger partial charge in [0.05, 0.1) is 11.8 Å². The Balaban J connectivity index is 2.24. The third kappa shape index (κ3) is 2.66. The first-order valence-electron chi connectivity index (χ1n) is 7.23. The van der Waals surface area contributed by atoms with Crippen LogP contribution in [0.25, 0.3) is 0 Å². The van der Waals surface area contributed by atoms with Crippen molar-refractivity contribution < 1.29 is 14.3 Å². The van der Waals surface area contributed by atoms with Crippen molar-refractivity contribution in [2.45, 2.75) is 21.6 Å². The van der Waals surface area contributed by atoms with Gasteiger partial charge in [0.15, 0.2) is 0 Å². The van der Waals surface area contributed by atoms with Gasteiger partial charge in [0.25, 0.3) is 0 Å². The number of furan rings is 1. The van der Waals surface area contributed by atoms with Crippen molar-refractivity contribution in [1.29, 1.82) is 0 Å². The fourth-order valence-electron chi connectivity index (χ4n) is 2.81. The Morgan fingerprint density at radius 3 is 2.35 bits per heavy atom. The average molecular weight is 326 g/mol. The molecular formula is C19H18O3S. The van der Waals surface area contributed by atoms with Gasteiger partial charge in [-0.1, -0.05) is 18.2 Å². The van der Waals surface area contributed by atoms with Gasteiger partial charge in [0.1, 0.15) is 6.26 Å². The molecule has 0 saturated carbocycles. The fourth-order valence-corrected chi connectivity index (χ4v) is 5.91. The molecular weight excluding hydrogens is 308 g/mol. The maximum absolute atomic E-state index is 11.2. The van der Waals surface area contributed by atoms with Gasteiger partial charge in [-0.15, -0.1) is 0 Å². The molecule has 0 aliphatic carbocycles. The summed E-state index contributed by atoms with van der Waals surface area (Å²) in [5, 5.41) is 9.20. The Labute approximate surface area is 136 Å². The van der Waals surface area contributed by atoms with Crippen LogP contribution in [0.15, 0.2) is 86.2 Å². The van der Waals surface area contributed by atoms with Gasteiger partial charge in [0, 0.05) is 9.79 Å². The smallest absolute Gasteiger partial charge is 0.335 e. The molecule has 0 saturated heterocycles. The van der Waals surface area contributed by atoms with Crippen LogP contribution in [0, 0.1) is 6.92 Å². The van der Waals surface area contributed by atoms with Crippen molar-refractivity contribution in [2.75, 3.05) is 6.26 Å². The highest BCUT2D eigenvalue weighted by molar-refractivity contribution is 8.33. The highest BCUT2D eigenvalue weighted by atomic mass is 32.3. The van der Waals surface area contributed by atoms with Crippen molar-refractivity contribution in [3.63, 3.8) is 0 Å². The van der Waals surface area contributed by atoms with E-state index in [4.69, 9.17) is 4.42 Å². The van der Waals surface area contributed by atoms with Crippen molar-refractivity contribution in [3.05, 3.63) is 78.3 Å². The lowest BCUT2D eigenvalue weighted by molar-refractivity contribution is 0.0696. The zero-order valence-electron chi connectivity index (χ0n) is 13.0. The molecule has 3 rings (SSSR count). The summed E-state index contributed by atoms with van der Waals surface area (Å²) in [4.78, 5) is 14.7. The predicted octanol–water partition coefficient (Wildman–Crippen LogP) is 5.20. The van der Waals surface area contributed by atoms with Crippen LogP contribution >= 0.6 is 10.0 Å². The Bertz CT molecular complexity index is 825. The van der Waals surface area contributed by atoms with Crippen LogP contribution in [0.5, 0.6) is 0 Å². The second kappa shape index (κ2) is 5.97. The second-order valence-corrected chi connectivity index (χ2v) is 8.70. The minimum atomic E-state index is -1.49. The molecule has 0 bridgehead atoms. The summed E-state index contributed by atoms with van der Waals surface area (Å²) in [5.41, 5.74) is 1.29. The molecule has 1 unspecified atom stereocenters. The van der Waals surface area contributed by atoms with E-state index in [1.54, 1.807) is 24.7 Å². The quantitative estimate of drug-likeness (QED) is 0.717. The zero-order chi connectivity index (χ0) is 16.4. The van der Waals surface area contributed by atoms with Crippen molar-refractivity contribution in [1.82, 2.24) is 0 Å². The molecule has 1 aromatic heterocycles. The maximum atomic E-state index is 11.2. The van der Waals surface area contributed by atoms with Crippen LogP contribution in [0.1, 0.15) is 15.9 Å². The Morgan fingerprint density at radius 2 is 1.78 bits per heavy atom. The molecule has 23 heavy (non-hydrogen) atoms. The monoisotopic (exact) mass is 326 g/mol. The SMILES string of the molecule is Cc1cc(C(=O)O)ccc1S(C)(c1ccccc1)c1ccoc1. The van der Waals surface area contributed by atoms with E-state index in [9.17, 15) is 9.90 Å². The number of carbonyl (C=O) groups is 1. The summed E-state index contributed by atoms with van der Waals surface area (Å²) in [7, 11) is -1.49. The van der Waals surface area contributed by atoms with Gasteiger partial charge in [-0.25, -0.2) is 4.79 Å². The van der Waals surface area contributed by atoms with Crippen molar-refractivity contribution in [3.8, 4) is 0 Å². The molecule has 4 heteroatoms. The van der Waals surface area contributed by atoms with Crippen LogP contribution in [0.2, 0.25) is 0 Å². The molecule has 0 spiro atoms. The minimum Gasteiger partial charge on any atom is -0.478 e. The molecule has 1 heterocycles. The number of aromatic carboxylic acids is 1. The first-order valence-corrected chi connectivity index (χ1v) is 9.27. The lowest BCUT2D eigenvalue weighted by Gasteiger charge is -2.37. The van der Waals surface area contributed by atoms with E-state index in [2.05, 4.69) is 18.4 Å². The molecule has 0 amide bonds. The summed E-state index contributed by atoms with van der Waals surface area (Å²) in [6, 6.07) is 17.6. The van der Waals surface area contributed by atoms with E-state index in [0.717, 1.165) is 15.4 Å². The average Bonchev–Trinajstić information content (AvgIpc) is 3.10. The van der Waals surface area contributed by atoms with Crippen LogP contribution in [0.3, 0.4) is 0 Å². The van der Waals surface area contributed by atoms with Gasteiger partial charge in [-0.3, -0.25) is 0 Å². The van der Waals surface area contributed by atoms with Gasteiger partial charge in [0.2, 0.25) is 0 Å². The normalized spacial score (nSPS) is 14.9. The number of hydrogen-bond donors (Lipinski definition) is 1. The number of hydrogen-bond acceptors (Lipinski definition) is 2. The molecule has 3 nitrogen and oxygen atoms in total. The van der Waals surface area contributed by atoms with E-state index in [0.29, 0.717) is 5.56 Å². The molecule has 1 atom stereocenters. The van der Waals surface area contributed by atoms with E-state index < -0.39 is 16.0 Å². The molecule has 0 fully saturated rings. The Kier molecular flexibility index (Phi) is 4.01. The first-order chi connectivity index (χ1) is 11.0. The fraction of sp³-hybridized carbons (Fsp3) is 0.105.